The van der Waals surface area contributed by atoms with Crippen molar-refractivity contribution in [2.45, 2.75) is 32.7 Å². The van der Waals surface area contributed by atoms with Gasteiger partial charge in [0.05, 0.1) is 25.6 Å². The Labute approximate surface area is 135 Å². The maximum absolute atomic E-state index is 12.0. The molecular formula is C17H23NO5. The number of carboxylic acid groups (broad SMARTS) is 1. The fraction of sp³-hybridized carbons (Fsp3) is 0.529. The molecule has 1 aliphatic carbocycles. The van der Waals surface area contributed by atoms with Gasteiger partial charge in [-0.3, -0.25) is 9.59 Å². The number of carbonyl (C=O) groups excluding carboxylic acids is 1. The van der Waals surface area contributed by atoms with Crippen molar-refractivity contribution >= 4 is 11.9 Å². The van der Waals surface area contributed by atoms with Crippen LogP contribution < -0.4 is 14.8 Å². The van der Waals surface area contributed by atoms with Crippen molar-refractivity contribution in [2.75, 3.05) is 13.7 Å². The topological polar surface area (TPSA) is 84.9 Å². The first-order valence-electron chi connectivity index (χ1n) is 7.87. The molecule has 0 heterocycles. The van der Waals surface area contributed by atoms with Crippen LogP contribution in [0.4, 0.5) is 0 Å². The number of amides is 1. The van der Waals surface area contributed by atoms with Gasteiger partial charge >= 0.3 is 5.97 Å². The average Bonchev–Trinajstić information content (AvgIpc) is 2.49. The van der Waals surface area contributed by atoms with E-state index in [1.165, 1.54) is 0 Å². The van der Waals surface area contributed by atoms with Gasteiger partial charge < -0.3 is 19.9 Å². The van der Waals surface area contributed by atoms with E-state index in [4.69, 9.17) is 14.6 Å². The maximum Gasteiger partial charge on any atom is 0.307 e. The van der Waals surface area contributed by atoms with Crippen LogP contribution in [-0.4, -0.2) is 30.7 Å². The molecular weight excluding hydrogens is 298 g/mol. The van der Waals surface area contributed by atoms with E-state index in [2.05, 4.69) is 5.32 Å². The highest BCUT2D eigenvalue weighted by molar-refractivity contribution is 5.86. The number of carboxylic acids is 1. The summed E-state index contributed by atoms with van der Waals surface area (Å²) in [6.45, 7) is 2.98. The van der Waals surface area contributed by atoms with Gasteiger partial charge in [0.25, 0.3) is 0 Å². The fourth-order valence-corrected chi connectivity index (χ4v) is 2.58. The number of benzene rings is 1. The zero-order valence-corrected chi connectivity index (χ0v) is 13.5. The van der Waals surface area contributed by atoms with Crippen molar-refractivity contribution in [2.24, 2.45) is 11.8 Å². The molecule has 1 aromatic rings. The minimum atomic E-state index is -0.893. The van der Waals surface area contributed by atoms with Gasteiger partial charge in [-0.15, -0.1) is 0 Å². The molecule has 1 fully saturated rings. The van der Waals surface area contributed by atoms with E-state index in [-0.39, 0.29) is 5.91 Å². The third kappa shape index (κ3) is 4.15. The van der Waals surface area contributed by atoms with Gasteiger partial charge in [0.2, 0.25) is 5.91 Å². The molecule has 0 radical (unpaired) electrons. The minimum absolute atomic E-state index is 0.200. The van der Waals surface area contributed by atoms with Crippen molar-refractivity contribution < 1.29 is 24.2 Å². The first-order valence-corrected chi connectivity index (χ1v) is 7.87. The first-order chi connectivity index (χ1) is 11.1. The third-order valence-corrected chi connectivity index (χ3v) is 4.08. The number of hydrogen-bond acceptors (Lipinski definition) is 4. The summed E-state index contributed by atoms with van der Waals surface area (Å²) in [5.41, 5.74) is 0.880. The molecule has 0 aliphatic heterocycles. The van der Waals surface area contributed by atoms with Crippen molar-refractivity contribution in [1.82, 2.24) is 5.32 Å². The van der Waals surface area contributed by atoms with E-state index in [0.29, 0.717) is 37.5 Å². The van der Waals surface area contributed by atoms with Crippen molar-refractivity contribution in [3.63, 3.8) is 0 Å². The summed E-state index contributed by atoms with van der Waals surface area (Å²) in [6, 6.07) is 5.50. The Morgan fingerprint density at radius 1 is 1.26 bits per heavy atom. The summed E-state index contributed by atoms with van der Waals surface area (Å²) in [4.78, 5) is 23.0. The van der Waals surface area contributed by atoms with Gasteiger partial charge in [-0.25, -0.2) is 0 Å². The number of hydrogen-bond donors (Lipinski definition) is 2. The van der Waals surface area contributed by atoms with E-state index >= 15 is 0 Å². The second-order valence-electron chi connectivity index (χ2n) is 5.68. The van der Waals surface area contributed by atoms with Gasteiger partial charge in [0.15, 0.2) is 11.5 Å². The van der Waals surface area contributed by atoms with Crippen molar-refractivity contribution in [1.29, 1.82) is 0 Å². The quantitative estimate of drug-likeness (QED) is 0.767. The van der Waals surface area contributed by atoms with Gasteiger partial charge in [-0.1, -0.05) is 13.0 Å². The number of aliphatic carboxylic acids is 1. The molecule has 0 spiro atoms. The molecule has 2 unspecified atom stereocenters. The Balaban J connectivity index is 1.92. The zero-order valence-electron chi connectivity index (χ0n) is 13.5. The summed E-state index contributed by atoms with van der Waals surface area (Å²) >= 11 is 0. The van der Waals surface area contributed by atoms with E-state index in [1.807, 2.05) is 25.1 Å². The lowest BCUT2D eigenvalue weighted by Gasteiger charge is -2.31. The lowest BCUT2D eigenvalue weighted by molar-refractivity contribution is -0.152. The smallest absolute Gasteiger partial charge is 0.307 e. The van der Waals surface area contributed by atoms with E-state index in [1.54, 1.807) is 7.11 Å². The van der Waals surface area contributed by atoms with Gasteiger partial charge in [0, 0.05) is 6.54 Å². The SMILES string of the molecule is CCCOc1ccc(CNC(=O)C2CCC2C(=O)O)cc1OC. The standard InChI is InChI=1S/C17H23NO5/c1-3-8-23-14-7-4-11(9-15(14)22-2)10-18-16(19)12-5-6-13(12)17(20)21/h4,7,9,12-13H,3,5-6,8,10H2,1-2H3,(H,18,19)(H,20,21). The monoisotopic (exact) mass is 321 g/mol. The fourth-order valence-electron chi connectivity index (χ4n) is 2.58. The first kappa shape index (κ1) is 17.1. The number of nitrogens with one attached hydrogen (secondary N) is 1. The Bertz CT molecular complexity index is 572. The highest BCUT2D eigenvalue weighted by Crippen LogP contribution is 2.34. The molecule has 2 atom stereocenters. The summed E-state index contributed by atoms with van der Waals surface area (Å²) in [7, 11) is 1.57. The molecule has 1 aliphatic rings. The summed E-state index contributed by atoms with van der Waals surface area (Å²) in [5, 5.41) is 11.8. The molecule has 1 saturated carbocycles. The molecule has 1 aromatic carbocycles. The maximum atomic E-state index is 12.0. The summed E-state index contributed by atoms with van der Waals surface area (Å²) < 4.78 is 10.9. The molecule has 6 heteroatoms. The number of methoxy groups -OCH3 is 1. The highest BCUT2D eigenvalue weighted by atomic mass is 16.5. The summed E-state index contributed by atoms with van der Waals surface area (Å²) in [6.07, 6.45) is 2.12. The molecule has 23 heavy (non-hydrogen) atoms. The highest BCUT2D eigenvalue weighted by Gasteiger charge is 2.41. The van der Waals surface area contributed by atoms with Crippen LogP contribution in [0, 0.1) is 11.8 Å². The van der Waals surface area contributed by atoms with Gasteiger partial charge in [-0.05, 0) is 37.0 Å². The summed E-state index contributed by atoms with van der Waals surface area (Å²) in [5.74, 6) is -0.757. The van der Waals surface area contributed by atoms with Crippen LogP contribution in [0.2, 0.25) is 0 Å². The van der Waals surface area contributed by atoms with Gasteiger partial charge in [0.1, 0.15) is 0 Å². The van der Waals surface area contributed by atoms with Crippen molar-refractivity contribution in [3.05, 3.63) is 23.8 Å². The molecule has 1 amide bonds. The second-order valence-corrected chi connectivity index (χ2v) is 5.68. The largest absolute Gasteiger partial charge is 0.493 e. The normalized spacial score (nSPS) is 19.6. The van der Waals surface area contributed by atoms with E-state index in [0.717, 1.165) is 12.0 Å². The lowest BCUT2D eigenvalue weighted by Crippen LogP contribution is -2.43. The Hall–Kier alpha value is -2.24. The van der Waals surface area contributed by atoms with Crippen LogP contribution in [-0.2, 0) is 16.1 Å². The van der Waals surface area contributed by atoms with Crippen LogP contribution >= 0.6 is 0 Å². The number of rotatable bonds is 8. The Morgan fingerprint density at radius 3 is 2.57 bits per heavy atom. The van der Waals surface area contributed by atoms with Crippen LogP contribution in [0.25, 0.3) is 0 Å². The third-order valence-electron chi connectivity index (χ3n) is 4.08. The van der Waals surface area contributed by atoms with E-state index < -0.39 is 17.8 Å². The van der Waals surface area contributed by atoms with Crippen LogP contribution in [0.5, 0.6) is 11.5 Å². The van der Waals surface area contributed by atoms with Crippen LogP contribution in [0.3, 0.4) is 0 Å². The molecule has 0 bridgehead atoms. The zero-order chi connectivity index (χ0) is 16.8. The molecule has 0 aromatic heterocycles. The van der Waals surface area contributed by atoms with Crippen LogP contribution in [0.1, 0.15) is 31.7 Å². The molecule has 0 saturated heterocycles. The Kier molecular flexibility index (Phi) is 5.84. The van der Waals surface area contributed by atoms with Gasteiger partial charge in [-0.2, -0.15) is 0 Å². The van der Waals surface area contributed by atoms with E-state index in [9.17, 15) is 9.59 Å². The number of carbonyl (C=O) groups is 2. The molecule has 6 nitrogen and oxygen atoms in total. The predicted molar refractivity (Wildman–Crippen MR) is 84.5 cm³/mol. The van der Waals surface area contributed by atoms with Crippen LogP contribution in [0.15, 0.2) is 18.2 Å². The lowest BCUT2D eigenvalue weighted by atomic mass is 9.73. The molecule has 126 valence electrons. The Morgan fingerprint density at radius 2 is 2.00 bits per heavy atom. The van der Waals surface area contributed by atoms with Crippen molar-refractivity contribution in [3.8, 4) is 11.5 Å². The minimum Gasteiger partial charge on any atom is -0.493 e. The second kappa shape index (κ2) is 7.85. The predicted octanol–water partition coefficient (Wildman–Crippen LogP) is 2.21. The molecule has 2 N–H and O–H groups in total. The average molecular weight is 321 g/mol. The molecule has 2 rings (SSSR count). The number of ether oxygens (including phenoxy) is 2.